The topological polar surface area (TPSA) is 118 Å². The van der Waals surface area contributed by atoms with Crippen LogP contribution in [0.3, 0.4) is 0 Å². The summed E-state index contributed by atoms with van der Waals surface area (Å²) in [5.41, 5.74) is 0.574. The van der Waals surface area contributed by atoms with Crippen LogP contribution in [-0.2, 0) is 0 Å². The first-order chi connectivity index (χ1) is 15.4. The Balaban J connectivity index is 1.54. The number of benzene rings is 1. The molecule has 1 amide bonds. The van der Waals surface area contributed by atoms with E-state index in [1.165, 1.54) is 12.6 Å². The lowest BCUT2D eigenvalue weighted by Crippen LogP contribution is -2.49. The predicted molar refractivity (Wildman–Crippen MR) is 116 cm³/mol. The molecular formula is C21H22N6O5. The molecule has 1 saturated heterocycles. The van der Waals surface area contributed by atoms with E-state index in [1.54, 1.807) is 40.1 Å². The number of furan rings is 1. The zero-order valence-corrected chi connectivity index (χ0v) is 17.7. The number of hydrogen-bond donors (Lipinski definition) is 0. The van der Waals surface area contributed by atoms with Crippen molar-refractivity contribution in [3.63, 3.8) is 0 Å². The zero-order valence-electron chi connectivity index (χ0n) is 17.7. The normalized spacial score (nSPS) is 13.7. The SMILES string of the molecule is CN(C)c1cccc(Oc2ncnc(N3CCN(C(=O)c4ccco4)CC3)c2[N+](=O)[O-])c1. The lowest BCUT2D eigenvalue weighted by molar-refractivity contribution is -0.385. The van der Waals surface area contributed by atoms with Crippen LogP contribution in [0.1, 0.15) is 10.6 Å². The van der Waals surface area contributed by atoms with Crippen molar-refractivity contribution in [2.75, 3.05) is 50.1 Å². The van der Waals surface area contributed by atoms with Gasteiger partial charge >= 0.3 is 11.6 Å². The maximum absolute atomic E-state index is 12.5. The van der Waals surface area contributed by atoms with Gasteiger partial charge in [-0.2, -0.15) is 4.98 Å². The lowest BCUT2D eigenvalue weighted by Gasteiger charge is -2.34. The van der Waals surface area contributed by atoms with Crippen LogP contribution in [0, 0.1) is 10.1 Å². The summed E-state index contributed by atoms with van der Waals surface area (Å²) in [5, 5.41) is 11.9. The molecule has 3 aromatic rings. The quantitative estimate of drug-likeness (QED) is 0.423. The van der Waals surface area contributed by atoms with E-state index in [0.717, 1.165) is 5.69 Å². The maximum atomic E-state index is 12.5. The summed E-state index contributed by atoms with van der Waals surface area (Å²) in [6.45, 7) is 1.50. The number of ether oxygens (including phenoxy) is 1. The second kappa shape index (κ2) is 8.92. The molecule has 1 aromatic carbocycles. The van der Waals surface area contributed by atoms with E-state index in [1.807, 2.05) is 25.1 Å². The summed E-state index contributed by atoms with van der Waals surface area (Å²) in [4.78, 5) is 37.3. The molecule has 1 aliphatic heterocycles. The van der Waals surface area contributed by atoms with Crippen molar-refractivity contribution in [3.8, 4) is 11.6 Å². The molecule has 1 aliphatic rings. The molecule has 166 valence electrons. The van der Waals surface area contributed by atoms with E-state index in [0.29, 0.717) is 31.9 Å². The summed E-state index contributed by atoms with van der Waals surface area (Å²) in [7, 11) is 3.78. The van der Waals surface area contributed by atoms with Crippen LogP contribution >= 0.6 is 0 Å². The molecule has 1 fully saturated rings. The van der Waals surface area contributed by atoms with Gasteiger partial charge in [0.25, 0.3) is 5.91 Å². The van der Waals surface area contributed by atoms with Crippen molar-refractivity contribution in [2.24, 2.45) is 0 Å². The van der Waals surface area contributed by atoms with E-state index in [-0.39, 0.29) is 29.1 Å². The van der Waals surface area contributed by atoms with Crippen molar-refractivity contribution in [1.82, 2.24) is 14.9 Å². The molecule has 0 N–H and O–H groups in total. The van der Waals surface area contributed by atoms with Crippen molar-refractivity contribution in [3.05, 3.63) is 64.9 Å². The summed E-state index contributed by atoms with van der Waals surface area (Å²) in [6.07, 6.45) is 2.69. The lowest BCUT2D eigenvalue weighted by atomic mass is 10.2. The van der Waals surface area contributed by atoms with E-state index in [4.69, 9.17) is 9.15 Å². The van der Waals surface area contributed by atoms with Crippen LogP contribution in [0.4, 0.5) is 17.2 Å². The van der Waals surface area contributed by atoms with Gasteiger partial charge in [0.15, 0.2) is 5.76 Å². The highest BCUT2D eigenvalue weighted by Gasteiger charge is 2.32. The molecule has 0 spiro atoms. The van der Waals surface area contributed by atoms with Crippen LogP contribution in [0.25, 0.3) is 0 Å². The molecule has 11 heteroatoms. The standard InChI is InChI=1S/C21H22N6O5/c1-24(2)15-5-3-6-16(13-15)32-20-18(27(29)30)19(22-14-23-20)25-8-10-26(11-9-25)21(28)17-7-4-12-31-17/h3-7,12-14H,8-11H2,1-2H3. The third kappa shape index (κ3) is 4.31. The second-order valence-corrected chi connectivity index (χ2v) is 7.36. The van der Waals surface area contributed by atoms with Crippen LogP contribution in [0.2, 0.25) is 0 Å². The van der Waals surface area contributed by atoms with Crippen LogP contribution < -0.4 is 14.5 Å². The fraction of sp³-hybridized carbons (Fsp3) is 0.286. The van der Waals surface area contributed by atoms with Gasteiger partial charge in [0, 0.05) is 52.0 Å². The number of anilines is 2. The number of carbonyl (C=O) groups is 1. The highest BCUT2D eigenvalue weighted by atomic mass is 16.6. The molecule has 0 bridgehead atoms. The summed E-state index contributed by atoms with van der Waals surface area (Å²) in [5.74, 6) is 0.510. The van der Waals surface area contributed by atoms with E-state index < -0.39 is 4.92 Å². The molecule has 0 radical (unpaired) electrons. The van der Waals surface area contributed by atoms with Crippen molar-refractivity contribution in [2.45, 2.75) is 0 Å². The first-order valence-electron chi connectivity index (χ1n) is 9.96. The highest BCUT2D eigenvalue weighted by molar-refractivity contribution is 5.91. The Morgan fingerprint density at radius 1 is 1.16 bits per heavy atom. The minimum absolute atomic E-state index is 0.134. The number of nitro groups is 1. The fourth-order valence-electron chi connectivity index (χ4n) is 3.43. The van der Waals surface area contributed by atoms with E-state index in [2.05, 4.69) is 9.97 Å². The average Bonchev–Trinajstić information content (AvgIpc) is 3.33. The number of rotatable bonds is 6. The number of nitrogens with zero attached hydrogens (tertiary/aromatic N) is 6. The van der Waals surface area contributed by atoms with Gasteiger partial charge in [-0.25, -0.2) is 4.98 Å². The van der Waals surface area contributed by atoms with Crippen molar-refractivity contribution < 1.29 is 18.9 Å². The predicted octanol–water partition coefficient (Wildman–Crippen LogP) is 2.80. The van der Waals surface area contributed by atoms with Gasteiger partial charge in [-0.1, -0.05) is 6.07 Å². The van der Waals surface area contributed by atoms with Gasteiger partial charge in [0.2, 0.25) is 5.82 Å². The Morgan fingerprint density at radius 3 is 2.59 bits per heavy atom. The summed E-state index contributed by atoms with van der Waals surface area (Å²) in [6, 6.07) is 10.4. The Hall–Kier alpha value is -4.15. The molecule has 0 atom stereocenters. The molecule has 32 heavy (non-hydrogen) atoms. The van der Waals surface area contributed by atoms with Crippen molar-refractivity contribution >= 4 is 23.1 Å². The Labute approximate surface area is 184 Å². The van der Waals surface area contributed by atoms with Crippen LogP contribution in [0.5, 0.6) is 11.6 Å². The van der Waals surface area contributed by atoms with Gasteiger partial charge in [-0.05, 0) is 24.3 Å². The number of carbonyl (C=O) groups excluding carboxylic acids is 1. The highest BCUT2D eigenvalue weighted by Crippen LogP contribution is 2.37. The molecule has 2 aromatic heterocycles. The smallest absolute Gasteiger partial charge is 0.373 e. The van der Waals surface area contributed by atoms with E-state index in [9.17, 15) is 14.9 Å². The summed E-state index contributed by atoms with van der Waals surface area (Å²) < 4.78 is 11.0. The maximum Gasteiger partial charge on any atom is 0.373 e. The Morgan fingerprint density at radius 2 is 1.94 bits per heavy atom. The second-order valence-electron chi connectivity index (χ2n) is 7.36. The molecule has 0 aliphatic carbocycles. The van der Waals surface area contributed by atoms with Gasteiger partial charge in [-0.3, -0.25) is 14.9 Å². The molecule has 11 nitrogen and oxygen atoms in total. The van der Waals surface area contributed by atoms with Gasteiger partial charge in [-0.15, -0.1) is 0 Å². The Kier molecular flexibility index (Phi) is 5.88. The van der Waals surface area contributed by atoms with Gasteiger partial charge < -0.3 is 23.9 Å². The molecule has 3 heterocycles. The van der Waals surface area contributed by atoms with E-state index >= 15 is 0 Å². The average molecular weight is 438 g/mol. The van der Waals surface area contributed by atoms with Crippen LogP contribution in [0.15, 0.2) is 53.4 Å². The molecular weight excluding hydrogens is 416 g/mol. The Bertz CT molecular complexity index is 1110. The summed E-state index contributed by atoms with van der Waals surface area (Å²) >= 11 is 0. The first kappa shape index (κ1) is 21.1. The number of aromatic nitrogens is 2. The molecule has 0 unspecified atom stereocenters. The number of amides is 1. The molecule has 0 saturated carbocycles. The number of hydrogen-bond acceptors (Lipinski definition) is 9. The van der Waals surface area contributed by atoms with Gasteiger partial charge in [0.1, 0.15) is 12.1 Å². The monoisotopic (exact) mass is 438 g/mol. The number of piperazine rings is 1. The molecule has 4 rings (SSSR count). The van der Waals surface area contributed by atoms with Crippen LogP contribution in [-0.4, -0.2) is 66.0 Å². The third-order valence-corrected chi connectivity index (χ3v) is 5.10. The minimum atomic E-state index is -0.541. The minimum Gasteiger partial charge on any atom is -0.459 e. The van der Waals surface area contributed by atoms with Crippen molar-refractivity contribution in [1.29, 1.82) is 0 Å². The largest absolute Gasteiger partial charge is 0.459 e. The third-order valence-electron chi connectivity index (χ3n) is 5.10. The van der Waals surface area contributed by atoms with Gasteiger partial charge in [0.05, 0.1) is 11.2 Å². The first-order valence-corrected chi connectivity index (χ1v) is 9.96. The zero-order chi connectivity index (χ0) is 22.7. The fourth-order valence-corrected chi connectivity index (χ4v) is 3.43.